The van der Waals surface area contributed by atoms with Gasteiger partial charge in [-0.15, -0.1) is 0 Å². The number of hydrogen-bond donors (Lipinski definition) is 1. The maximum atomic E-state index is 13.6. The van der Waals surface area contributed by atoms with Crippen LogP contribution in [0.5, 0.6) is 5.75 Å². The molecule has 1 heterocycles. The highest BCUT2D eigenvalue weighted by molar-refractivity contribution is 6.03. The van der Waals surface area contributed by atoms with Crippen LogP contribution in [0.2, 0.25) is 0 Å². The van der Waals surface area contributed by atoms with E-state index in [0.717, 1.165) is 16.7 Å². The van der Waals surface area contributed by atoms with Crippen molar-refractivity contribution in [3.05, 3.63) is 88.5 Å². The smallest absolute Gasteiger partial charge is 0.334 e. The van der Waals surface area contributed by atoms with Gasteiger partial charge in [-0.2, -0.15) is 8.78 Å². The van der Waals surface area contributed by atoms with E-state index in [9.17, 15) is 31.9 Å². The van der Waals surface area contributed by atoms with E-state index < -0.39 is 47.4 Å². The third kappa shape index (κ3) is 9.56. The number of carbonyl (C=O) groups excluding carboxylic acids is 3. The minimum Gasteiger partial charge on any atom is -0.463 e. The van der Waals surface area contributed by atoms with Gasteiger partial charge in [-0.3, -0.25) is 9.59 Å². The highest BCUT2D eigenvalue weighted by Crippen LogP contribution is 2.32. The fourth-order valence-electron chi connectivity index (χ4n) is 4.56. The summed E-state index contributed by atoms with van der Waals surface area (Å²) in [6, 6.07) is 12.8. The number of nitrogens with two attached hydrogens (primary N) is 1. The third-order valence-corrected chi connectivity index (χ3v) is 6.85. The first-order valence-electron chi connectivity index (χ1n) is 14.7. The van der Waals surface area contributed by atoms with Gasteiger partial charge in [-0.05, 0) is 42.7 Å². The van der Waals surface area contributed by atoms with Crippen LogP contribution < -0.4 is 10.5 Å². The number of esters is 2. The van der Waals surface area contributed by atoms with Crippen LogP contribution in [0.4, 0.5) is 23.2 Å². The number of amidine groups is 1. The molecule has 0 fully saturated rings. The number of ether oxygens (including phenoxy) is 4. The Labute approximate surface area is 268 Å². The molecule has 9 nitrogen and oxygen atoms in total. The second kappa shape index (κ2) is 16.6. The lowest BCUT2D eigenvalue weighted by molar-refractivity contribution is -0.138. The molecule has 3 aromatic rings. The second-order valence-corrected chi connectivity index (χ2v) is 10.3. The topological polar surface area (TPSA) is 127 Å². The first-order chi connectivity index (χ1) is 22.6. The Bertz CT molecular complexity index is 1680. The first kappa shape index (κ1) is 35.0. The van der Waals surface area contributed by atoms with Crippen LogP contribution in [0.15, 0.2) is 59.1 Å². The fraction of sp³-hybridized carbons (Fsp3) is 0.294. The number of hydrogen-bond acceptors (Lipinski definition) is 9. The first-order valence-corrected chi connectivity index (χ1v) is 14.7. The predicted molar refractivity (Wildman–Crippen MR) is 164 cm³/mol. The van der Waals surface area contributed by atoms with Gasteiger partial charge >= 0.3 is 11.9 Å². The standard InChI is InChI=1S/C34H32F4N2O7/c1-2-46-34(43)24-16-22-9-8-21(17-27(22)40-29(39)18-24)20-5-3-6-23(15-20)28(41)7-4-11-44-13-14-45-12-10-30(42)47-33-31(37)25(35)19-26(36)32(33)38/h3,5-6,8-9,15-17,19H,2,4,7,10-14,18H2,1H3,(H2,39,40). The Kier molecular flexibility index (Phi) is 12.4. The molecular formula is C34H32F4N2O7. The SMILES string of the molecule is CCOC(=O)C1=Cc2ccc(-c3cccc(C(=O)CCCOCCOCCC(=O)Oc4c(F)c(F)cc(F)c4F)c3)cc2N=C(N)C1. The van der Waals surface area contributed by atoms with Crippen LogP contribution in [-0.4, -0.2) is 56.6 Å². The lowest BCUT2D eigenvalue weighted by atomic mass is 9.98. The van der Waals surface area contributed by atoms with Gasteiger partial charge in [0.15, 0.2) is 17.4 Å². The quantitative estimate of drug-likeness (QED) is 0.0509. The minimum absolute atomic E-state index is 0.00867. The molecule has 47 heavy (non-hydrogen) atoms. The summed E-state index contributed by atoms with van der Waals surface area (Å²) in [5.41, 5.74) is 9.96. The summed E-state index contributed by atoms with van der Waals surface area (Å²) in [5, 5.41) is 0. The molecule has 0 saturated heterocycles. The van der Waals surface area contributed by atoms with E-state index in [4.69, 9.17) is 19.9 Å². The molecular weight excluding hydrogens is 624 g/mol. The monoisotopic (exact) mass is 656 g/mol. The van der Waals surface area contributed by atoms with Crippen LogP contribution in [0, 0.1) is 23.3 Å². The van der Waals surface area contributed by atoms with Crippen molar-refractivity contribution in [2.75, 3.05) is 33.0 Å². The molecule has 4 rings (SSSR count). The molecule has 0 radical (unpaired) electrons. The van der Waals surface area contributed by atoms with Gasteiger partial charge in [-0.1, -0.05) is 30.3 Å². The van der Waals surface area contributed by atoms with Crippen LogP contribution in [-0.2, 0) is 23.8 Å². The highest BCUT2D eigenvalue weighted by atomic mass is 19.2. The van der Waals surface area contributed by atoms with Crippen LogP contribution >= 0.6 is 0 Å². The summed E-state index contributed by atoms with van der Waals surface area (Å²) in [6.45, 7) is 2.30. The maximum Gasteiger partial charge on any atom is 0.334 e. The molecule has 13 heteroatoms. The summed E-state index contributed by atoms with van der Waals surface area (Å²) < 4.78 is 73.8. The Morgan fingerprint density at radius 1 is 0.851 bits per heavy atom. The number of nitrogens with zero attached hydrogens (tertiary/aromatic N) is 1. The number of Topliss-reactive ketones (excluding diaryl/α,β-unsaturated/α-hetero) is 1. The normalized spacial score (nSPS) is 12.4. The maximum absolute atomic E-state index is 13.6. The molecule has 248 valence electrons. The zero-order valence-electron chi connectivity index (χ0n) is 25.5. The Morgan fingerprint density at radius 3 is 2.28 bits per heavy atom. The zero-order chi connectivity index (χ0) is 33.9. The van der Waals surface area contributed by atoms with Gasteiger partial charge in [0.05, 0.1) is 38.5 Å². The number of halogens is 4. The lowest BCUT2D eigenvalue weighted by Gasteiger charge is -2.09. The van der Waals surface area contributed by atoms with Crippen LogP contribution in [0.3, 0.4) is 0 Å². The molecule has 0 unspecified atom stereocenters. The average Bonchev–Trinajstić information content (AvgIpc) is 3.22. The van der Waals surface area contributed by atoms with E-state index in [1.54, 1.807) is 31.2 Å². The molecule has 1 aliphatic heterocycles. The molecule has 0 saturated carbocycles. The zero-order valence-corrected chi connectivity index (χ0v) is 25.5. The van der Waals surface area contributed by atoms with Gasteiger partial charge < -0.3 is 24.7 Å². The fourth-order valence-corrected chi connectivity index (χ4v) is 4.56. The molecule has 0 aromatic heterocycles. The number of aliphatic imine (C=N–C) groups is 1. The summed E-state index contributed by atoms with van der Waals surface area (Å²) in [5.74, 6) is -9.82. The van der Waals surface area contributed by atoms with E-state index in [-0.39, 0.29) is 63.6 Å². The van der Waals surface area contributed by atoms with E-state index in [1.807, 2.05) is 24.3 Å². The summed E-state index contributed by atoms with van der Waals surface area (Å²) >= 11 is 0. The van der Waals surface area contributed by atoms with Gasteiger partial charge in [0.2, 0.25) is 17.4 Å². The van der Waals surface area contributed by atoms with Gasteiger partial charge in [0, 0.05) is 42.2 Å². The predicted octanol–water partition coefficient (Wildman–Crippen LogP) is 6.24. The molecule has 0 bridgehead atoms. The Balaban J connectivity index is 1.19. The Morgan fingerprint density at radius 2 is 1.55 bits per heavy atom. The van der Waals surface area contributed by atoms with Crippen molar-refractivity contribution < 1.29 is 50.9 Å². The minimum atomic E-state index is -1.81. The van der Waals surface area contributed by atoms with Crippen molar-refractivity contribution in [1.29, 1.82) is 0 Å². The third-order valence-electron chi connectivity index (χ3n) is 6.85. The number of carbonyl (C=O) groups is 3. The molecule has 2 N–H and O–H groups in total. The summed E-state index contributed by atoms with van der Waals surface area (Å²) in [6.07, 6.45) is 2.15. The molecule has 3 aromatic carbocycles. The van der Waals surface area contributed by atoms with Crippen molar-refractivity contribution in [3.8, 4) is 16.9 Å². The number of rotatable bonds is 15. The molecule has 0 amide bonds. The van der Waals surface area contributed by atoms with Crippen molar-refractivity contribution in [3.63, 3.8) is 0 Å². The number of benzene rings is 3. The van der Waals surface area contributed by atoms with E-state index in [2.05, 4.69) is 9.73 Å². The van der Waals surface area contributed by atoms with Crippen molar-refractivity contribution in [2.24, 2.45) is 10.7 Å². The van der Waals surface area contributed by atoms with Crippen molar-refractivity contribution in [1.82, 2.24) is 0 Å². The highest BCUT2D eigenvalue weighted by Gasteiger charge is 2.23. The van der Waals surface area contributed by atoms with Crippen molar-refractivity contribution in [2.45, 2.75) is 32.6 Å². The van der Waals surface area contributed by atoms with E-state index in [1.165, 1.54) is 0 Å². The Hall–Kier alpha value is -4.88. The van der Waals surface area contributed by atoms with Crippen LogP contribution in [0.25, 0.3) is 17.2 Å². The van der Waals surface area contributed by atoms with Crippen molar-refractivity contribution >= 4 is 35.3 Å². The van der Waals surface area contributed by atoms with E-state index in [0.29, 0.717) is 23.2 Å². The molecule has 0 atom stereocenters. The largest absolute Gasteiger partial charge is 0.463 e. The molecule has 1 aliphatic rings. The summed E-state index contributed by atoms with van der Waals surface area (Å²) in [7, 11) is 0. The number of ketones is 1. The molecule has 0 spiro atoms. The molecule has 0 aliphatic carbocycles. The van der Waals surface area contributed by atoms with Gasteiger partial charge in [0.25, 0.3) is 0 Å². The van der Waals surface area contributed by atoms with E-state index >= 15 is 0 Å². The number of fused-ring (bicyclic) bond motifs is 1. The average molecular weight is 657 g/mol. The van der Waals surface area contributed by atoms with Gasteiger partial charge in [-0.25, -0.2) is 18.6 Å². The lowest BCUT2D eigenvalue weighted by Crippen LogP contribution is -2.16. The van der Waals surface area contributed by atoms with Crippen LogP contribution in [0.1, 0.15) is 48.5 Å². The van der Waals surface area contributed by atoms with Gasteiger partial charge in [0.1, 0.15) is 5.84 Å². The summed E-state index contributed by atoms with van der Waals surface area (Å²) in [4.78, 5) is 41.3. The second-order valence-electron chi connectivity index (χ2n) is 10.3.